The zero-order valence-electron chi connectivity index (χ0n) is 17.2. The number of hydrogen-bond acceptors (Lipinski definition) is 4. The van der Waals surface area contributed by atoms with Gasteiger partial charge in [0.2, 0.25) is 0 Å². The van der Waals surface area contributed by atoms with Crippen molar-refractivity contribution in [1.82, 2.24) is 14.4 Å². The number of hydrogen-bond donors (Lipinski definition) is 1. The number of piperazine rings is 1. The number of nitrogens with zero attached hydrogens (tertiary/aromatic N) is 3. The molecule has 5 rings (SSSR count). The molecule has 162 valence electrons. The van der Waals surface area contributed by atoms with E-state index in [1.54, 1.807) is 0 Å². The molecule has 2 aromatic heterocycles. The lowest BCUT2D eigenvalue weighted by atomic mass is 10.2. The van der Waals surface area contributed by atoms with Crippen LogP contribution < -0.4 is 0 Å². The molecule has 1 N–H and O–H groups in total. The van der Waals surface area contributed by atoms with E-state index in [0.29, 0.717) is 13.1 Å². The maximum atomic E-state index is 11.0. The normalized spacial score (nSPS) is 17.0. The van der Waals surface area contributed by atoms with Gasteiger partial charge in [0.05, 0.1) is 12.6 Å². The Kier molecular flexibility index (Phi) is 6.51. The number of β-amino-alcohol motifs (C(OH)–C–C–N with tert-alkyl or cyclic N) is 1. The Balaban J connectivity index is 1.28. The van der Waals surface area contributed by atoms with E-state index in [-0.39, 0.29) is 0 Å². The molecular formula is C24H25Br2N3OS. The van der Waals surface area contributed by atoms with Crippen LogP contribution in [0.2, 0.25) is 0 Å². The van der Waals surface area contributed by atoms with Crippen molar-refractivity contribution in [2.45, 2.75) is 19.2 Å². The lowest BCUT2D eigenvalue weighted by molar-refractivity contribution is 0.0637. The predicted molar refractivity (Wildman–Crippen MR) is 137 cm³/mol. The van der Waals surface area contributed by atoms with E-state index in [2.05, 4.69) is 100 Å². The minimum absolute atomic E-state index is 0.407. The van der Waals surface area contributed by atoms with Crippen LogP contribution >= 0.6 is 43.2 Å². The highest BCUT2D eigenvalue weighted by molar-refractivity contribution is 9.10. The predicted octanol–water partition coefficient (Wildman–Crippen LogP) is 5.56. The Morgan fingerprint density at radius 2 is 1.45 bits per heavy atom. The second-order valence-corrected chi connectivity index (χ2v) is 11.1. The highest BCUT2D eigenvalue weighted by Crippen LogP contribution is 2.33. The molecule has 1 fully saturated rings. The first-order chi connectivity index (χ1) is 15.1. The number of rotatable bonds is 6. The summed E-state index contributed by atoms with van der Waals surface area (Å²) in [6, 6.07) is 17.1. The van der Waals surface area contributed by atoms with E-state index in [9.17, 15) is 5.11 Å². The summed E-state index contributed by atoms with van der Waals surface area (Å²) in [4.78, 5) is 6.34. The molecule has 1 unspecified atom stereocenters. The van der Waals surface area contributed by atoms with Crippen molar-refractivity contribution in [3.05, 3.63) is 67.7 Å². The standard InChI is InChI=1S/C24H25Br2N3OS/c25-17-3-5-23-21(12-17)22-13-18(26)4-6-24(22)29(23)15-19(30)14-27-7-9-28(10-8-27)16-20-2-1-11-31-20/h1-6,11-13,19,30H,7-10,14-16H2. The fourth-order valence-corrected chi connectivity index (χ4v) is 6.03. The monoisotopic (exact) mass is 561 g/mol. The second-order valence-electron chi connectivity index (χ2n) is 8.24. The summed E-state index contributed by atoms with van der Waals surface area (Å²) in [5, 5.41) is 15.5. The lowest BCUT2D eigenvalue weighted by Crippen LogP contribution is -2.48. The minimum atomic E-state index is -0.407. The fraction of sp³-hybridized carbons (Fsp3) is 0.333. The van der Waals surface area contributed by atoms with Crippen LogP contribution in [0, 0.1) is 0 Å². The molecule has 2 aromatic carbocycles. The van der Waals surface area contributed by atoms with Gasteiger partial charge in [-0.05, 0) is 47.8 Å². The van der Waals surface area contributed by atoms with Gasteiger partial charge >= 0.3 is 0 Å². The smallest absolute Gasteiger partial charge is 0.0845 e. The first-order valence-corrected chi connectivity index (χ1v) is 13.1. The zero-order valence-corrected chi connectivity index (χ0v) is 21.2. The Bertz CT molecular complexity index is 1120. The Morgan fingerprint density at radius 3 is 2.03 bits per heavy atom. The highest BCUT2D eigenvalue weighted by Gasteiger charge is 2.21. The number of thiophene rings is 1. The average Bonchev–Trinajstić information content (AvgIpc) is 3.36. The molecule has 31 heavy (non-hydrogen) atoms. The van der Waals surface area contributed by atoms with Gasteiger partial charge in [0.25, 0.3) is 0 Å². The molecule has 1 aliphatic rings. The molecule has 4 aromatic rings. The van der Waals surface area contributed by atoms with E-state index in [4.69, 9.17) is 0 Å². The first-order valence-electron chi connectivity index (χ1n) is 10.6. The number of halogens is 2. The van der Waals surface area contributed by atoms with Crippen LogP contribution in [0.5, 0.6) is 0 Å². The maximum Gasteiger partial charge on any atom is 0.0845 e. The van der Waals surface area contributed by atoms with Crippen molar-refractivity contribution < 1.29 is 5.11 Å². The van der Waals surface area contributed by atoms with Gasteiger partial charge in [-0.3, -0.25) is 9.80 Å². The molecule has 0 radical (unpaired) electrons. The topological polar surface area (TPSA) is 31.6 Å². The Hall–Kier alpha value is -1.22. The fourth-order valence-electron chi connectivity index (χ4n) is 4.56. The van der Waals surface area contributed by atoms with Crippen LogP contribution in [0.1, 0.15) is 4.88 Å². The summed E-state index contributed by atoms with van der Waals surface area (Å²) >= 11 is 9.04. The molecule has 1 aliphatic heterocycles. The molecule has 7 heteroatoms. The third-order valence-corrected chi connectivity index (χ3v) is 7.92. The largest absolute Gasteiger partial charge is 0.390 e. The van der Waals surface area contributed by atoms with E-state index < -0.39 is 6.10 Å². The Labute approximate surface area is 203 Å². The number of aliphatic hydroxyl groups is 1. The van der Waals surface area contributed by atoms with Crippen LogP contribution in [0.15, 0.2) is 62.9 Å². The van der Waals surface area contributed by atoms with E-state index in [1.165, 1.54) is 15.6 Å². The van der Waals surface area contributed by atoms with Gasteiger partial charge in [-0.1, -0.05) is 37.9 Å². The van der Waals surface area contributed by atoms with Gasteiger partial charge in [-0.2, -0.15) is 0 Å². The summed E-state index contributed by atoms with van der Waals surface area (Å²) in [6.45, 7) is 6.48. The second kappa shape index (κ2) is 9.33. The molecule has 0 aliphatic carbocycles. The van der Waals surface area contributed by atoms with Gasteiger partial charge in [0, 0.05) is 74.9 Å². The van der Waals surface area contributed by atoms with Crippen molar-refractivity contribution >= 4 is 65.0 Å². The summed E-state index contributed by atoms with van der Waals surface area (Å²) in [5.41, 5.74) is 2.33. The molecule has 1 saturated heterocycles. The third-order valence-electron chi connectivity index (χ3n) is 6.08. The van der Waals surface area contributed by atoms with Gasteiger partial charge < -0.3 is 9.67 Å². The molecule has 0 bridgehead atoms. The van der Waals surface area contributed by atoms with E-state index in [1.807, 2.05) is 11.3 Å². The number of fused-ring (bicyclic) bond motifs is 3. The summed E-state index contributed by atoms with van der Waals surface area (Å²) in [5.74, 6) is 0. The van der Waals surface area contributed by atoms with E-state index >= 15 is 0 Å². The van der Waals surface area contributed by atoms with Crippen molar-refractivity contribution in [1.29, 1.82) is 0 Å². The van der Waals surface area contributed by atoms with Crippen molar-refractivity contribution in [2.24, 2.45) is 0 Å². The van der Waals surface area contributed by atoms with Gasteiger partial charge in [0.1, 0.15) is 0 Å². The summed E-state index contributed by atoms with van der Waals surface area (Å²) < 4.78 is 4.40. The van der Waals surface area contributed by atoms with Gasteiger partial charge in [0.15, 0.2) is 0 Å². The van der Waals surface area contributed by atoms with Crippen molar-refractivity contribution in [2.75, 3.05) is 32.7 Å². The van der Waals surface area contributed by atoms with Crippen LogP contribution in [0.25, 0.3) is 21.8 Å². The lowest BCUT2D eigenvalue weighted by Gasteiger charge is -2.35. The van der Waals surface area contributed by atoms with Crippen LogP contribution in [-0.2, 0) is 13.1 Å². The SMILES string of the molecule is OC(CN1CCN(Cc2cccs2)CC1)Cn1c2ccc(Br)cc2c2cc(Br)ccc21. The van der Waals surface area contributed by atoms with Crippen molar-refractivity contribution in [3.63, 3.8) is 0 Å². The molecule has 3 heterocycles. The maximum absolute atomic E-state index is 11.0. The molecule has 0 saturated carbocycles. The number of aromatic nitrogens is 1. The highest BCUT2D eigenvalue weighted by atomic mass is 79.9. The first kappa shape index (κ1) is 21.6. The van der Waals surface area contributed by atoms with Gasteiger partial charge in [-0.25, -0.2) is 0 Å². The molecule has 1 atom stereocenters. The molecule has 4 nitrogen and oxygen atoms in total. The summed E-state index contributed by atoms with van der Waals surface area (Å²) in [6.07, 6.45) is -0.407. The van der Waals surface area contributed by atoms with Crippen LogP contribution in [0.3, 0.4) is 0 Å². The minimum Gasteiger partial charge on any atom is -0.390 e. The van der Waals surface area contributed by atoms with Crippen LogP contribution in [0.4, 0.5) is 0 Å². The van der Waals surface area contributed by atoms with Crippen LogP contribution in [-0.4, -0.2) is 58.3 Å². The Morgan fingerprint density at radius 1 is 0.839 bits per heavy atom. The molecular weight excluding hydrogens is 538 g/mol. The number of benzene rings is 2. The molecule has 0 amide bonds. The van der Waals surface area contributed by atoms with Gasteiger partial charge in [-0.15, -0.1) is 11.3 Å². The van der Waals surface area contributed by atoms with Crippen molar-refractivity contribution in [3.8, 4) is 0 Å². The third kappa shape index (κ3) is 4.77. The average molecular weight is 563 g/mol. The van der Waals surface area contributed by atoms with E-state index in [0.717, 1.165) is 52.7 Å². The number of aliphatic hydroxyl groups excluding tert-OH is 1. The molecule has 0 spiro atoms. The quantitative estimate of drug-likeness (QED) is 0.334. The summed E-state index contributed by atoms with van der Waals surface area (Å²) in [7, 11) is 0. The zero-order chi connectivity index (χ0) is 21.4.